The quantitative estimate of drug-likeness (QED) is 0.881. The Balaban J connectivity index is 1.66. The van der Waals surface area contributed by atoms with Gasteiger partial charge in [0.15, 0.2) is 0 Å². The van der Waals surface area contributed by atoms with Crippen LogP contribution in [0.1, 0.15) is 31.2 Å². The number of nitrogens with zero attached hydrogens (tertiary/aromatic N) is 1. The van der Waals surface area contributed by atoms with Gasteiger partial charge < -0.3 is 10.2 Å². The minimum atomic E-state index is -0.274. The van der Waals surface area contributed by atoms with E-state index in [4.69, 9.17) is 0 Å². The first-order valence-electron chi connectivity index (χ1n) is 7.41. The molecule has 1 aliphatic carbocycles. The second-order valence-electron chi connectivity index (χ2n) is 6.36. The number of rotatable bonds is 2. The van der Waals surface area contributed by atoms with Gasteiger partial charge in [0, 0.05) is 18.8 Å². The number of carbonyl (C=O) groups is 1. The van der Waals surface area contributed by atoms with Crippen molar-refractivity contribution in [3.63, 3.8) is 0 Å². The molecule has 19 heavy (non-hydrogen) atoms. The van der Waals surface area contributed by atoms with Crippen LogP contribution in [0, 0.1) is 5.92 Å². The standard InChI is InChI=1S/C16H20N2O/c19-15-16(13-4-1-2-5-14(13)17-15)8-3-9-18(11-16)10-12-6-7-12/h1-2,4-5,12H,3,6-11H2,(H,17,19)/t16-/m0/s1. The van der Waals surface area contributed by atoms with Crippen molar-refractivity contribution >= 4 is 11.6 Å². The van der Waals surface area contributed by atoms with E-state index in [1.807, 2.05) is 12.1 Å². The van der Waals surface area contributed by atoms with Crippen LogP contribution < -0.4 is 5.32 Å². The Bertz CT molecular complexity index is 523. The van der Waals surface area contributed by atoms with Gasteiger partial charge in [0.1, 0.15) is 0 Å². The van der Waals surface area contributed by atoms with Gasteiger partial charge in [0.2, 0.25) is 5.91 Å². The van der Waals surface area contributed by atoms with Gasteiger partial charge in [-0.05, 0) is 49.8 Å². The summed E-state index contributed by atoms with van der Waals surface area (Å²) in [7, 11) is 0. The number of fused-ring (bicyclic) bond motifs is 2. The third kappa shape index (κ3) is 1.79. The summed E-state index contributed by atoms with van der Waals surface area (Å²) in [6.45, 7) is 3.26. The topological polar surface area (TPSA) is 32.3 Å². The summed E-state index contributed by atoms with van der Waals surface area (Å²) in [4.78, 5) is 15.0. The highest BCUT2D eigenvalue weighted by Crippen LogP contribution is 2.44. The van der Waals surface area contributed by atoms with E-state index >= 15 is 0 Å². The molecule has 1 saturated heterocycles. The molecule has 0 bridgehead atoms. The van der Waals surface area contributed by atoms with E-state index in [2.05, 4.69) is 22.3 Å². The second-order valence-corrected chi connectivity index (χ2v) is 6.36. The fourth-order valence-electron chi connectivity index (χ4n) is 3.74. The SMILES string of the molecule is O=C1Nc2ccccc2[C@@]12CCCN(CC1CC1)C2. The number of piperidine rings is 1. The van der Waals surface area contributed by atoms with Gasteiger partial charge in [-0.15, -0.1) is 0 Å². The third-order valence-corrected chi connectivity index (χ3v) is 4.91. The molecule has 1 spiro atoms. The van der Waals surface area contributed by atoms with E-state index in [0.717, 1.165) is 37.5 Å². The molecule has 2 heterocycles. The average molecular weight is 256 g/mol. The van der Waals surface area contributed by atoms with E-state index in [1.165, 1.54) is 24.9 Å². The van der Waals surface area contributed by atoms with Crippen LogP contribution in [0.3, 0.4) is 0 Å². The largest absolute Gasteiger partial charge is 0.325 e. The van der Waals surface area contributed by atoms with Crippen molar-refractivity contribution in [2.45, 2.75) is 31.1 Å². The van der Waals surface area contributed by atoms with Gasteiger partial charge in [0.05, 0.1) is 5.41 Å². The van der Waals surface area contributed by atoms with E-state index < -0.39 is 0 Å². The molecule has 3 nitrogen and oxygen atoms in total. The van der Waals surface area contributed by atoms with Gasteiger partial charge in [-0.25, -0.2) is 0 Å². The lowest BCUT2D eigenvalue weighted by molar-refractivity contribution is -0.122. The zero-order valence-electron chi connectivity index (χ0n) is 11.2. The van der Waals surface area contributed by atoms with Crippen molar-refractivity contribution in [1.82, 2.24) is 4.90 Å². The summed E-state index contributed by atoms with van der Waals surface area (Å²) in [6.07, 6.45) is 4.89. The van der Waals surface area contributed by atoms with Crippen molar-refractivity contribution < 1.29 is 4.79 Å². The number of carbonyl (C=O) groups excluding carboxylic acids is 1. The number of para-hydroxylation sites is 1. The predicted molar refractivity (Wildman–Crippen MR) is 75.1 cm³/mol. The van der Waals surface area contributed by atoms with Crippen molar-refractivity contribution in [2.75, 3.05) is 25.0 Å². The van der Waals surface area contributed by atoms with Crippen LogP contribution in [0.15, 0.2) is 24.3 Å². The number of nitrogens with one attached hydrogen (secondary N) is 1. The molecular formula is C16H20N2O. The number of anilines is 1. The molecule has 2 aliphatic heterocycles. The molecule has 1 N–H and O–H groups in total. The van der Waals surface area contributed by atoms with Crippen LogP contribution in [-0.2, 0) is 10.2 Å². The van der Waals surface area contributed by atoms with Crippen LogP contribution >= 0.6 is 0 Å². The Labute approximate surface area is 114 Å². The van der Waals surface area contributed by atoms with Gasteiger partial charge in [-0.3, -0.25) is 4.79 Å². The van der Waals surface area contributed by atoms with Crippen LogP contribution in [0.5, 0.6) is 0 Å². The van der Waals surface area contributed by atoms with Crippen LogP contribution in [-0.4, -0.2) is 30.4 Å². The summed E-state index contributed by atoms with van der Waals surface area (Å²) in [5.74, 6) is 1.11. The van der Waals surface area contributed by atoms with Gasteiger partial charge in [-0.1, -0.05) is 18.2 Å². The second kappa shape index (κ2) is 4.07. The molecule has 100 valence electrons. The lowest BCUT2D eigenvalue weighted by Crippen LogP contribution is -2.50. The first kappa shape index (κ1) is 11.5. The molecule has 1 atom stereocenters. The maximum Gasteiger partial charge on any atom is 0.236 e. The van der Waals surface area contributed by atoms with Crippen molar-refractivity contribution in [2.24, 2.45) is 5.92 Å². The lowest BCUT2D eigenvalue weighted by Gasteiger charge is -2.39. The van der Waals surface area contributed by atoms with Crippen LogP contribution in [0.4, 0.5) is 5.69 Å². The number of benzene rings is 1. The molecule has 0 unspecified atom stereocenters. The summed E-state index contributed by atoms with van der Waals surface area (Å²) in [6, 6.07) is 8.22. The number of hydrogen-bond acceptors (Lipinski definition) is 2. The van der Waals surface area contributed by atoms with Crippen molar-refractivity contribution in [1.29, 1.82) is 0 Å². The molecule has 1 amide bonds. The van der Waals surface area contributed by atoms with Crippen molar-refractivity contribution in [3.05, 3.63) is 29.8 Å². The predicted octanol–water partition coefficient (Wildman–Crippen LogP) is 2.38. The Morgan fingerprint density at radius 2 is 2.16 bits per heavy atom. The summed E-state index contributed by atoms with van der Waals surface area (Å²) >= 11 is 0. The smallest absolute Gasteiger partial charge is 0.236 e. The molecule has 3 heteroatoms. The molecule has 2 fully saturated rings. The third-order valence-electron chi connectivity index (χ3n) is 4.91. The summed E-state index contributed by atoms with van der Waals surface area (Å²) in [5.41, 5.74) is 1.98. The molecule has 1 saturated carbocycles. The highest BCUT2D eigenvalue weighted by Gasteiger charge is 2.49. The molecule has 0 aromatic heterocycles. The molecular weight excluding hydrogens is 236 g/mol. The normalized spacial score (nSPS) is 30.4. The Morgan fingerprint density at radius 3 is 3.00 bits per heavy atom. The zero-order valence-corrected chi connectivity index (χ0v) is 11.2. The lowest BCUT2D eigenvalue weighted by atomic mass is 9.75. The summed E-state index contributed by atoms with van der Waals surface area (Å²) in [5, 5.41) is 3.08. The van der Waals surface area contributed by atoms with E-state index in [-0.39, 0.29) is 11.3 Å². The average Bonchev–Trinajstić information content (AvgIpc) is 3.19. The highest BCUT2D eigenvalue weighted by atomic mass is 16.2. The monoisotopic (exact) mass is 256 g/mol. The Kier molecular flexibility index (Phi) is 2.46. The van der Waals surface area contributed by atoms with Gasteiger partial charge in [0.25, 0.3) is 0 Å². The maximum atomic E-state index is 12.5. The molecule has 3 aliphatic rings. The fourth-order valence-corrected chi connectivity index (χ4v) is 3.74. The Hall–Kier alpha value is -1.35. The number of likely N-dealkylation sites (tertiary alicyclic amines) is 1. The van der Waals surface area contributed by atoms with Gasteiger partial charge in [-0.2, -0.15) is 0 Å². The minimum absolute atomic E-state index is 0.217. The fraction of sp³-hybridized carbons (Fsp3) is 0.562. The van der Waals surface area contributed by atoms with E-state index in [1.54, 1.807) is 0 Å². The maximum absolute atomic E-state index is 12.5. The van der Waals surface area contributed by atoms with Crippen LogP contribution in [0.2, 0.25) is 0 Å². The number of amides is 1. The highest BCUT2D eigenvalue weighted by molar-refractivity contribution is 6.06. The molecule has 1 aromatic rings. The van der Waals surface area contributed by atoms with Gasteiger partial charge >= 0.3 is 0 Å². The first-order chi connectivity index (χ1) is 9.28. The molecule has 4 rings (SSSR count). The van der Waals surface area contributed by atoms with E-state index in [0.29, 0.717) is 0 Å². The molecule has 0 radical (unpaired) electrons. The van der Waals surface area contributed by atoms with Crippen LogP contribution in [0.25, 0.3) is 0 Å². The zero-order chi connectivity index (χ0) is 12.9. The first-order valence-corrected chi connectivity index (χ1v) is 7.41. The Morgan fingerprint density at radius 1 is 1.32 bits per heavy atom. The van der Waals surface area contributed by atoms with E-state index in [9.17, 15) is 4.79 Å². The summed E-state index contributed by atoms with van der Waals surface area (Å²) < 4.78 is 0. The minimum Gasteiger partial charge on any atom is -0.325 e. The van der Waals surface area contributed by atoms with Crippen molar-refractivity contribution in [3.8, 4) is 0 Å². The number of hydrogen-bond donors (Lipinski definition) is 1. The molecule has 1 aromatic carbocycles.